The molecule has 0 saturated carbocycles. The highest BCUT2D eigenvalue weighted by atomic mass is 16.5. The quantitative estimate of drug-likeness (QED) is 0.710. The van der Waals surface area contributed by atoms with Crippen LogP contribution in [0, 0.1) is 5.92 Å². The van der Waals surface area contributed by atoms with Gasteiger partial charge >= 0.3 is 0 Å². The van der Waals surface area contributed by atoms with Crippen LogP contribution in [-0.4, -0.2) is 36.2 Å². The Bertz CT molecular complexity index is 922. The molecule has 0 bridgehead atoms. The number of hydrogen-bond donors (Lipinski definition) is 0. The molecule has 4 rings (SSSR count). The van der Waals surface area contributed by atoms with Gasteiger partial charge in [-0.2, -0.15) is 0 Å². The average molecular weight is 348 g/mol. The van der Waals surface area contributed by atoms with E-state index in [4.69, 9.17) is 4.52 Å². The van der Waals surface area contributed by atoms with Crippen molar-refractivity contribution < 1.29 is 9.32 Å². The standard InChI is InChI=1S/C20H20N4O2/c1-14-12-23(2)17-5-3-4-6-18(17)24(13-14)20(25)16-11-19(26-22-16)15-7-9-21-10-8-15/h3-11,14H,12-13H2,1-2H3/t14-/m0/s1. The van der Waals surface area contributed by atoms with Gasteiger partial charge in [0.2, 0.25) is 0 Å². The summed E-state index contributed by atoms with van der Waals surface area (Å²) in [5.74, 6) is 0.746. The molecule has 6 nitrogen and oxygen atoms in total. The maximum absolute atomic E-state index is 13.2. The topological polar surface area (TPSA) is 62.5 Å². The van der Waals surface area contributed by atoms with Crippen LogP contribution in [0.5, 0.6) is 0 Å². The maximum atomic E-state index is 13.2. The number of aromatic nitrogens is 2. The summed E-state index contributed by atoms with van der Waals surface area (Å²) in [6, 6.07) is 13.3. The lowest BCUT2D eigenvalue weighted by atomic mass is 10.1. The highest BCUT2D eigenvalue weighted by Gasteiger charge is 2.29. The first kappa shape index (κ1) is 16.3. The van der Waals surface area contributed by atoms with Crippen molar-refractivity contribution in [3.8, 4) is 11.3 Å². The van der Waals surface area contributed by atoms with Crippen LogP contribution in [0.4, 0.5) is 11.4 Å². The van der Waals surface area contributed by atoms with Gasteiger partial charge in [-0.25, -0.2) is 0 Å². The van der Waals surface area contributed by atoms with E-state index in [9.17, 15) is 4.79 Å². The summed E-state index contributed by atoms with van der Waals surface area (Å²) in [6.45, 7) is 3.67. The van der Waals surface area contributed by atoms with E-state index < -0.39 is 0 Å². The molecule has 6 heteroatoms. The van der Waals surface area contributed by atoms with Gasteiger partial charge in [-0.15, -0.1) is 0 Å². The number of hydrogen-bond acceptors (Lipinski definition) is 5. The van der Waals surface area contributed by atoms with Crippen molar-refractivity contribution >= 4 is 17.3 Å². The van der Waals surface area contributed by atoms with Gasteiger partial charge in [-0.3, -0.25) is 9.78 Å². The molecule has 0 radical (unpaired) electrons. The van der Waals surface area contributed by atoms with Gasteiger partial charge in [0, 0.05) is 44.2 Å². The van der Waals surface area contributed by atoms with Crippen molar-refractivity contribution in [2.45, 2.75) is 6.92 Å². The molecular formula is C20H20N4O2. The monoisotopic (exact) mass is 348 g/mol. The van der Waals surface area contributed by atoms with Gasteiger partial charge in [0.05, 0.1) is 11.4 Å². The van der Waals surface area contributed by atoms with Crippen LogP contribution < -0.4 is 9.80 Å². The lowest BCUT2D eigenvalue weighted by Gasteiger charge is -2.23. The third kappa shape index (κ3) is 2.94. The van der Waals surface area contributed by atoms with Crippen LogP contribution in [0.3, 0.4) is 0 Å². The molecule has 0 aliphatic carbocycles. The Kier molecular flexibility index (Phi) is 4.16. The Hall–Kier alpha value is -3.15. The molecule has 132 valence electrons. The zero-order chi connectivity index (χ0) is 18.1. The Labute approximate surface area is 152 Å². The summed E-state index contributed by atoms with van der Waals surface area (Å²) in [7, 11) is 2.06. The zero-order valence-electron chi connectivity index (χ0n) is 14.8. The van der Waals surface area contributed by atoms with Crippen LogP contribution in [0.2, 0.25) is 0 Å². The molecule has 1 aliphatic heterocycles. The second-order valence-electron chi connectivity index (χ2n) is 6.70. The summed E-state index contributed by atoms with van der Waals surface area (Å²) < 4.78 is 5.39. The van der Waals surface area contributed by atoms with E-state index in [0.29, 0.717) is 23.9 Å². The molecule has 1 amide bonds. The average Bonchev–Trinajstić information content (AvgIpc) is 3.12. The Morgan fingerprint density at radius 2 is 1.85 bits per heavy atom. The van der Waals surface area contributed by atoms with Crippen LogP contribution in [0.1, 0.15) is 17.4 Å². The van der Waals surface area contributed by atoms with Crippen LogP contribution in [-0.2, 0) is 0 Å². The maximum Gasteiger partial charge on any atom is 0.280 e. The highest BCUT2D eigenvalue weighted by Crippen LogP contribution is 2.33. The van der Waals surface area contributed by atoms with E-state index in [0.717, 1.165) is 23.5 Å². The Morgan fingerprint density at radius 1 is 1.12 bits per heavy atom. The summed E-state index contributed by atoms with van der Waals surface area (Å²) in [5.41, 5.74) is 3.10. The number of carbonyl (C=O) groups excluding carboxylic acids is 1. The number of nitrogens with zero attached hydrogens (tertiary/aromatic N) is 4. The number of fused-ring (bicyclic) bond motifs is 1. The number of benzene rings is 1. The number of para-hydroxylation sites is 2. The van der Waals surface area contributed by atoms with E-state index in [1.54, 1.807) is 23.4 Å². The lowest BCUT2D eigenvalue weighted by molar-refractivity contribution is 0.0975. The fourth-order valence-corrected chi connectivity index (χ4v) is 3.41. The molecule has 26 heavy (non-hydrogen) atoms. The van der Waals surface area contributed by atoms with Crippen LogP contribution >= 0.6 is 0 Å². The minimum atomic E-state index is -0.149. The van der Waals surface area contributed by atoms with Gasteiger partial charge < -0.3 is 14.3 Å². The highest BCUT2D eigenvalue weighted by molar-refractivity contribution is 6.07. The first-order valence-electron chi connectivity index (χ1n) is 8.62. The van der Waals surface area contributed by atoms with Crippen molar-refractivity contribution in [2.24, 2.45) is 5.92 Å². The number of pyridine rings is 1. The number of rotatable bonds is 2. The van der Waals surface area contributed by atoms with E-state index in [-0.39, 0.29) is 5.91 Å². The molecule has 2 aromatic heterocycles. The molecule has 1 atom stereocenters. The fraction of sp³-hybridized carbons (Fsp3) is 0.250. The SMILES string of the molecule is C[C@H]1CN(C)c2ccccc2N(C(=O)c2cc(-c3ccncc3)on2)C1. The van der Waals surface area contributed by atoms with Crippen molar-refractivity contribution in [1.82, 2.24) is 10.1 Å². The van der Waals surface area contributed by atoms with E-state index in [1.807, 2.05) is 36.4 Å². The molecule has 1 aromatic carbocycles. The number of amides is 1. The molecule has 0 fully saturated rings. The van der Waals surface area contributed by atoms with Crippen molar-refractivity contribution in [3.63, 3.8) is 0 Å². The lowest BCUT2D eigenvalue weighted by Crippen LogP contribution is -2.35. The third-order valence-electron chi connectivity index (χ3n) is 4.60. The third-order valence-corrected chi connectivity index (χ3v) is 4.60. The van der Waals surface area contributed by atoms with Crippen LogP contribution in [0.25, 0.3) is 11.3 Å². The van der Waals surface area contributed by atoms with Gasteiger partial charge in [0.1, 0.15) is 0 Å². The first-order valence-corrected chi connectivity index (χ1v) is 8.62. The predicted octanol–water partition coefficient (Wildman–Crippen LogP) is 3.47. The molecule has 0 saturated heterocycles. The smallest absolute Gasteiger partial charge is 0.280 e. The van der Waals surface area contributed by atoms with E-state index in [1.165, 1.54) is 0 Å². The van der Waals surface area contributed by atoms with Gasteiger partial charge in [0.25, 0.3) is 5.91 Å². The minimum Gasteiger partial charge on any atom is -0.373 e. The molecular weight excluding hydrogens is 328 g/mol. The van der Waals surface area contributed by atoms with Crippen molar-refractivity contribution in [3.05, 3.63) is 60.6 Å². The predicted molar refractivity (Wildman–Crippen MR) is 100 cm³/mol. The van der Waals surface area contributed by atoms with Crippen molar-refractivity contribution in [2.75, 3.05) is 29.9 Å². The molecule has 3 aromatic rings. The summed E-state index contributed by atoms with van der Waals surface area (Å²) in [4.78, 5) is 21.2. The van der Waals surface area contributed by atoms with Crippen LogP contribution in [0.15, 0.2) is 59.4 Å². The van der Waals surface area contributed by atoms with Gasteiger partial charge in [0.15, 0.2) is 11.5 Å². The molecule has 0 N–H and O–H groups in total. The zero-order valence-corrected chi connectivity index (χ0v) is 14.8. The molecule has 1 aliphatic rings. The van der Waals surface area contributed by atoms with Gasteiger partial charge in [-0.1, -0.05) is 24.2 Å². The summed E-state index contributed by atoms with van der Waals surface area (Å²) in [6.07, 6.45) is 3.36. The largest absolute Gasteiger partial charge is 0.373 e. The van der Waals surface area contributed by atoms with E-state index in [2.05, 4.69) is 29.0 Å². The summed E-state index contributed by atoms with van der Waals surface area (Å²) in [5, 5.41) is 4.02. The minimum absolute atomic E-state index is 0.149. The second kappa shape index (κ2) is 6.63. The number of anilines is 2. The van der Waals surface area contributed by atoms with E-state index >= 15 is 0 Å². The summed E-state index contributed by atoms with van der Waals surface area (Å²) >= 11 is 0. The van der Waals surface area contributed by atoms with Gasteiger partial charge in [-0.05, 0) is 30.2 Å². The molecule has 0 unspecified atom stereocenters. The normalized spacial score (nSPS) is 16.9. The number of carbonyl (C=O) groups is 1. The van der Waals surface area contributed by atoms with Crippen molar-refractivity contribution in [1.29, 1.82) is 0 Å². The second-order valence-corrected chi connectivity index (χ2v) is 6.70. The molecule has 3 heterocycles. The fourth-order valence-electron chi connectivity index (χ4n) is 3.41. The Balaban J connectivity index is 1.69. The first-order chi connectivity index (χ1) is 12.6. The Morgan fingerprint density at radius 3 is 2.62 bits per heavy atom. The molecule has 0 spiro atoms.